The maximum Gasteiger partial charge on any atom is 0.326 e. The molecule has 0 saturated carbocycles. The average molecular weight is 436 g/mol. The smallest absolute Gasteiger partial charge is 0.326 e. The maximum atomic E-state index is 12.0. The maximum absolute atomic E-state index is 12.0. The van der Waals surface area contributed by atoms with Crippen LogP contribution in [0.25, 0.3) is 5.73 Å². The lowest BCUT2D eigenvalue weighted by Crippen LogP contribution is -2.42. The molecule has 32 heavy (non-hydrogen) atoms. The van der Waals surface area contributed by atoms with E-state index in [0.29, 0.717) is 11.3 Å². The fourth-order valence-corrected chi connectivity index (χ4v) is 2.88. The van der Waals surface area contributed by atoms with Gasteiger partial charge in [0.05, 0.1) is 14.2 Å². The molecule has 0 saturated heterocycles. The van der Waals surface area contributed by atoms with Gasteiger partial charge in [0, 0.05) is 18.1 Å². The van der Waals surface area contributed by atoms with Crippen molar-refractivity contribution in [2.24, 2.45) is 0 Å². The van der Waals surface area contributed by atoms with Crippen molar-refractivity contribution < 1.29 is 24.2 Å². The summed E-state index contributed by atoms with van der Waals surface area (Å²) in [5.41, 5.74) is 9.39. The Morgan fingerprint density at radius 1 is 0.938 bits per heavy atom. The predicted octanol–water partition coefficient (Wildman–Crippen LogP) is 4.37. The first kappa shape index (κ1) is 24.4. The summed E-state index contributed by atoms with van der Waals surface area (Å²) in [6.45, 7) is 0.229. The fourth-order valence-electron chi connectivity index (χ4n) is 2.88. The van der Waals surface area contributed by atoms with Crippen LogP contribution in [0.4, 0.5) is 0 Å². The number of carboxylic acid groups (broad SMARTS) is 1. The average Bonchev–Trinajstić information content (AvgIpc) is 2.84. The zero-order chi connectivity index (χ0) is 23.3. The number of carbonyl (C=O) groups excluding carboxylic acids is 1. The van der Waals surface area contributed by atoms with Crippen molar-refractivity contribution >= 4 is 11.9 Å². The summed E-state index contributed by atoms with van der Waals surface area (Å²) in [5.74, 6) is 0.0421. The third-order valence-corrected chi connectivity index (χ3v) is 4.61. The number of aliphatic carboxylic acids is 1. The Bertz CT molecular complexity index is 994. The Kier molecular flexibility index (Phi) is 9.74. The first-order valence-corrected chi connectivity index (χ1v) is 9.96. The van der Waals surface area contributed by atoms with Gasteiger partial charge in [0.15, 0.2) is 0 Å². The van der Waals surface area contributed by atoms with Crippen LogP contribution in [0.5, 0.6) is 11.5 Å². The second-order valence-electron chi connectivity index (χ2n) is 6.77. The number of rotatable bonds is 8. The molecule has 0 aliphatic heterocycles. The topological polar surface area (TPSA) is 109 Å². The van der Waals surface area contributed by atoms with Crippen LogP contribution in [-0.4, -0.2) is 37.2 Å². The highest BCUT2D eigenvalue weighted by atomic mass is 16.5. The number of ether oxygens (including phenoxy) is 2. The largest absolute Gasteiger partial charge is 0.674 e. The molecule has 168 valence electrons. The molecule has 3 aromatic rings. The lowest BCUT2D eigenvalue weighted by Gasteiger charge is -2.14. The Morgan fingerprint density at radius 2 is 1.56 bits per heavy atom. The Labute approximate surface area is 187 Å². The van der Waals surface area contributed by atoms with Crippen molar-refractivity contribution in [1.82, 2.24) is 5.32 Å². The van der Waals surface area contributed by atoms with Gasteiger partial charge in [-0.2, -0.15) is 0 Å². The zero-order valence-corrected chi connectivity index (χ0v) is 18.1. The molecule has 1 atom stereocenters. The van der Waals surface area contributed by atoms with Crippen molar-refractivity contribution in [2.45, 2.75) is 19.0 Å². The molecule has 3 N–H and O–H groups in total. The summed E-state index contributed by atoms with van der Waals surface area (Å²) in [4.78, 5) is 23.2. The number of benzene rings is 3. The number of hydrogen-bond acceptors (Lipinski definition) is 4. The third kappa shape index (κ3) is 7.45. The van der Waals surface area contributed by atoms with Crippen LogP contribution in [0.3, 0.4) is 0 Å². The highest BCUT2D eigenvalue weighted by molar-refractivity contribution is 5.96. The van der Waals surface area contributed by atoms with E-state index < -0.39 is 12.0 Å². The van der Waals surface area contributed by atoms with Gasteiger partial charge in [-0.1, -0.05) is 54.6 Å². The van der Waals surface area contributed by atoms with E-state index >= 15 is 0 Å². The van der Waals surface area contributed by atoms with Crippen LogP contribution in [-0.2, 0) is 17.8 Å². The van der Waals surface area contributed by atoms with Crippen molar-refractivity contribution in [3.63, 3.8) is 0 Å². The predicted molar refractivity (Wildman–Crippen MR) is 123 cm³/mol. The molecule has 1 amide bonds. The number of amides is 1. The summed E-state index contributed by atoms with van der Waals surface area (Å²) in [6.07, 6.45) is 0.259. The molecule has 7 nitrogen and oxygen atoms in total. The van der Waals surface area contributed by atoms with Gasteiger partial charge in [-0.15, -0.1) is 6.54 Å². The molecule has 0 aliphatic rings. The van der Waals surface area contributed by atoms with Crippen LogP contribution in [0.2, 0.25) is 0 Å². The molecule has 0 aromatic heterocycles. The van der Waals surface area contributed by atoms with Crippen LogP contribution < -0.4 is 14.8 Å². The second kappa shape index (κ2) is 12.8. The summed E-state index contributed by atoms with van der Waals surface area (Å²) in [6, 6.07) is 22.3. The molecule has 7 heteroatoms. The molecule has 0 spiro atoms. The lowest BCUT2D eigenvalue weighted by atomic mass is 10.1. The van der Waals surface area contributed by atoms with Crippen molar-refractivity contribution in [3.8, 4) is 11.5 Å². The molecule has 0 unspecified atom stereocenters. The number of hydrogen-bond donors (Lipinski definition) is 2. The van der Waals surface area contributed by atoms with Gasteiger partial charge in [0.25, 0.3) is 5.91 Å². The fraction of sp³-hybridized carbons (Fsp3) is 0.200. The molecular formula is C25H27N2O5-. The number of methoxy groups -OCH3 is 2. The van der Waals surface area contributed by atoms with E-state index in [1.54, 1.807) is 50.6 Å². The van der Waals surface area contributed by atoms with Crippen molar-refractivity contribution in [2.75, 3.05) is 14.2 Å². The molecule has 0 radical (unpaired) electrons. The van der Waals surface area contributed by atoms with Crippen LogP contribution >= 0.6 is 0 Å². The minimum absolute atomic E-state index is 0.229. The highest BCUT2D eigenvalue weighted by Crippen LogP contribution is 2.24. The van der Waals surface area contributed by atoms with Crippen molar-refractivity contribution in [1.29, 1.82) is 0 Å². The summed E-state index contributed by atoms with van der Waals surface area (Å²) in [7, 11) is 3.20. The van der Waals surface area contributed by atoms with Gasteiger partial charge in [-0.05, 0) is 29.3 Å². The van der Waals surface area contributed by atoms with E-state index in [9.17, 15) is 14.7 Å². The molecule has 3 aromatic carbocycles. The van der Waals surface area contributed by atoms with Gasteiger partial charge in [-0.25, -0.2) is 4.79 Å². The normalized spacial score (nSPS) is 10.8. The van der Waals surface area contributed by atoms with Gasteiger partial charge in [0.2, 0.25) is 0 Å². The summed E-state index contributed by atoms with van der Waals surface area (Å²) < 4.78 is 10.1. The van der Waals surface area contributed by atoms with Crippen LogP contribution in [0, 0.1) is 0 Å². The number of carbonyl (C=O) groups is 2. The lowest BCUT2D eigenvalue weighted by molar-refractivity contribution is -0.139. The Hall–Kier alpha value is -3.84. The first-order chi connectivity index (χ1) is 15.5. The molecule has 0 fully saturated rings. The van der Waals surface area contributed by atoms with Gasteiger partial charge in [-0.3, -0.25) is 4.79 Å². The standard InChI is InChI=1S/C16H15NO3.C9H12NO2/c18-15(13-9-5-2-6-10-13)17-14(16(19)20)11-12-7-3-1-4-8-12;1-11-8-4-3-7(6-10)9(5-8)12-2/h1-10,14H,11H2,(H,17,18)(H,19,20);3-5,10H,6H2,1-2H3/q;-1/t14-;/m0./s1. The highest BCUT2D eigenvalue weighted by Gasteiger charge is 2.20. The van der Waals surface area contributed by atoms with Crippen molar-refractivity contribution in [3.05, 3.63) is 101 Å². The quantitative estimate of drug-likeness (QED) is 0.546. The van der Waals surface area contributed by atoms with E-state index in [0.717, 1.165) is 16.9 Å². The van der Waals surface area contributed by atoms with Gasteiger partial charge < -0.3 is 25.6 Å². The van der Waals surface area contributed by atoms with E-state index in [1.165, 1.54) is 0 Å². The number of carboxylic acids is 1. The third-order valence-electron chi connectivity index (χ3n) is 4.61. The van der Waals surface area contributed by atoms with Gasteiger partial charge in [0.1, 0.15) is 17.5 Å². The molecule has 0 aliphatic carbocycles. The number of nitrogens with one attached hydrogen (secondary N) is 2. The minimum atomic E-state index is -1.04. The molecular weight excluding hydrogens is 408 g/mol. The summed E-state index contributed by atoms with van der Waals surface area (Å²) >= 11 is 0. The van der Waals surface area contributed by atoms with E-state index in [4.69, 9.17) is 15.2 Å². The monoisotopic (exact) mass is 435 g/mol. The van der Waals surface area contributed by atoms with Crippen LogP contribution in [0.1, 0.15) is 21.5 Å². The van der Waals surface area contributed by atoms with Crippen LogP contribution in [0.15, 0.2) is 78.9 Å². The SMILES string of the molecule is COc1ccc(C[NH-])c(OC)c1.O=C(N[C@@H](Cc1ccccc1)C(=O)O)c1ccccc1. The van der Waals surface area contributed by atoms with E-state index in [2.05, 4.69) is 5.32 Å². The Morgan fingerprint density at radius 3 is 2.09 bits per heavy atom. The van der Waals surface area contributed by atoms with Gasteiger partial charge >= 0.3 is 5.97 Å². The van der Waals surface area contributed by atoms with E-state index in [-0.39, 0.29) is 18.9 Å². The Balaban J connectivity index is 0.000000258. The zero-order valence-electron chi connectivity index (χ0n) is 18.1. The minimum Gasteiger partial charge on any atom is -0.674 e. The van der Waals surface area contributed by atoms with E-state index in [1.807, 2.05) is 42.5 Å². The molecule has 3 rings (SSSR count). The first-order valence-electron chi connectivity index (χ1n) is 9.96. The molecule has 0 heterocycles. The second-order valence-corrected chi connectivity index (χ2v) is 6.77. The molecule has 0 bridgehead atoms. The summed E-state index contributed by atoms with van der Waals surface area (Å²) in [5, 5.41) is 11.8.